The molecule has 3 fully saturated rings. The Morgan fingerprint density at radius 2 is 1.62 bits per heavy atom. The molecular formula is C35H53N7O6. The Kier molecular flexibility index (Phi) is 12.7. The third-order valence-electron chi connectivity index (χ3n) is 9.83. The van der Waals surface area contributed by atoms with Gasteiger partial charge in [0, 0.05) is 25.0 Å². The molecule has 0 spiro atoms. The Hall–Kier alpha value is -3.90. The molecule has 13 heteroatoms. The summed E-state index contributed by atoms with van der Waals surface area (Å²) in [6, 6.07) is -3.75. The predicted octanol–water partition coefficient (Wildman–Crippen LogP) is 2.45. The number of nitrogens with zero attached hydrogens (tertiary/aromatic N) is 3. The molecule has 5 atom stereocenters. The van der Waals surface area contributed by atoms with E-state index >= 15 is 0 Å². The van der Waals surface area contributed by atoms with Gasteiger partial charge < -0.3 is 26.2 Å². The minimum atomic E-state index is -1.01. The van der Waals surface area contributed by atoms with Crippen LogP contribution in [-0.4, -0.2) is 86.9 Å². The van der Waals surface area contributed by atoms with Crippen LogP contribution in [0.25, 0.3) is 0 Å². The highest BCUT2D eigenvalue weighted by Crippen LogP contribution is 2.32. The molecule has 2 saturated carbocycles. The van der Waals surface area contributed by atoms with Gasteiger partial charge in [0.05, 0.1) is 12.2 Å². The second kappa shape index (κ2) is 16.5. The normalized spacial score (nSPS) is 21.8. The van der Waals surface area contributed by atoms with Gasteiger partial charge >= 0.3 is 0 Å². The maximum atomic E-state index is 14.4. The summed E-state index contributed by atoms with van der Waals surface area (Å²) < 4.78 is 0. The number of likely N-dealkylation sites (tertiary alicyclic amines) is 1. The van der Waals surface area contributed by atoms with Crippen LogP contribution in [0.1, 0.15) is 116 Å². The first kappa shape index (κ1) is 36.9. The van der Waals surface area contributed by atoms with Gasteiger partial charge in [-0.25, -0.2) is 4.98 Å². The van der Waals surface area contributed by atoms with E-state index in [0.717, 1.165) is 44.9 Å². The van der Waals surface area contributed by atoms with E-state index in [1.54, 1.807) is 0 Å². The highest BCUT2D eigenvalue weighted by molar-refractivity contribution is 6.38. The zero-order chi connectivity index (χ0) is 35.0. The number of aromatic nitrogens is 2. The van der Waals surface area contributed by atoms with E-state index in [4.69, 9.17) is 0 Å². The Morgan fingerprint density at radius 3 is 2.21 bits per heavy atom. The summed E-state index contributed by atoms with van der Waals surface area (Å²) in [5.74, 6) is -3.52. The first-order chi connectivity index (χ1) is 22.8. The van der Waals surface area contributed by atoms with E-state index in [1.165, 1.54) is 23.5 Å². The first-order valence-corrected chi connectivity index (χ1v) is 17.7. The van der Waals surface area contributed by atoms with E-state index in [0.29, 0.717) is 32.2 Å². The van der Waals surface area contributed by atoms with Gasteiger partial charge in [-0.05, 0) is 55.8 Å². The SMILES string of the molecule is CCC[C@H](NC(=O)[C@@H]1C(CC)CCN1C(=O)[C@H](NC(=O)[C@H](NC(=O)c1cnccn1)C1CCCCC1)C(C)(C)C)C(=O)C(=O)NC1CC1. The number of rotatable bonds is 14. The van der Waals surface area contributed by atoms with Crippen molar-refractivity contribution in [1.82, 2.24) is 36.1 Å². The van der Waals surface area contributed by atoms with Gasteiger partial charge in [0.25, 0.3) is 11.8 Å². The van der Waals surface area contributed by atoms with Crippen molar-refractivity contribution in [3.05, 3.63) is 24.3 Å². The second-order valence-corrected chi connectivity index (χ2v) is 14.6. The minimum Gasteiger partial charge on any atom is -0.347 e. The molecule has 4 N–H and O–H groups in total. The largest absolute Gasteiger partial charge is 0.347 e. The number of amides is 5. The number of nitrogens with one attached hydrogen (secondary N) is 4. The lowest BCUT2D eigenvalue weighted by atomic mass is 9.82. The number of Topliss-reactive ketones (excluding diaryl/α,β-unsaturated/α-hetero) is 1. The molecule has 0 radical (unpaired) electrons. The average molecular weight is 668 g/mol. The summed E-state index contributed by atoms with van der Waals surface area (Å²) in [4.78, 5) is 90.7. The fraction of sp³-hybridized carbons (Fsp3) is 0.714. The average Bonchev–Trinajstić information content (AvgIpc) is 3.78. The first-order valence-electron chi connectivity index (χ1n) is 17.7. The number of carbonyl (C=O) groups is 6. The van der Waals surface area contributed by atoms with Crippen molar-refractivity contribution in [2.24, 2.45) is 17.3 Å². The van der Waals surface area contributed by atoms with Crippen LogP contribution >= 0.6 is 0 Å². The lowest BCUT2D eigenvalue weighted by molar-refractivity contribution is -0.146. The molecule has 13 nitrogen and oxygen atoms in total. The minimum absolute atomic E-state index is 0.00873. The van der Waals surface area contributed by atoms with Crippen molar-refractivity contribution in [3.8, 4) is 0 Å². The smallest absolute Gasteiger partial charge is 0.289 e. The van der Waals surface area contributed by atoms with Gasteiger partial charge in [-0.3, -0.25) is 33.8 Å². The van der Waals surface area contributed by atoms with E-state index in [2.05, 4.69) is 31.2 Å². The van der Waals surface area contributed by atoms with Crippen LogP contribution in [0, 0.1) is 17.3 Å². The molecule has 1 aliphatic heterocycles. The summed E-state index contributed by atoms with van der Waals surface area (Å²) in [5.41, 5.74) is -0.651. The monoisotopic (exact) mass is 667 g/mol. The molecule has 5 amide bonds. The Labute approximate surface area is 283 Å². The Bertz CT molecular complexity index is 1320. The van der Waals surface area contributed by atoms with Gasteiger partial charge in [0.2, 0.25) is 23.5 Å². The van der Waals surface area contributed by atoms with Crippen LogP contribution in [0.3, 0.4) is 0 Å². The summed E-state index contributed by atoms with van der Waals surface area (Å²) >= 11 is 0. The molecule has 1 saturated heterocycles. The fourth-order valence-corrected chi connectivity index (χ4v) is 6.89. The zero-order valence-corrected chi connectivity index (χ0v) is 29.0. The lowest BCUT2D eigenvalue weighted by Gasteiger charge is -2.38. The highest BCUT2D eigenvalue weighted by atomic mass is 16.2. The second-order valence-electron chi connectivity index (χ2n) is 14.6. The Balaban J connectivity index is 1.54. The molecule has 48 heavy (non-hydrogen) atoms. The number of hydrogen-bond donors (Lipinski definition) is 4. The molecule has 1 unspecified atom stereocenters. The van der Waals surface area contributed by atoms with Gasteiger partial charge in [-0.2, -0.15) is 0 Å². The van der Waals surface area contributed by atoms with Crippen LogP contribution in [0.2, 0.25) is 0 Å². The molecule has 1 aromatic rings. The molecular weight excluding hydrogens is 614 g/mol. The van der Waals surface area contributed by atoms with Crippen molar-refractivity contribution >= 4 is 35.3 Å². The summed E-state index contributed by atoms with van der Waals surface area (Å²) in [7, 11) is 0. The van der Waals surface area contributed by atoms with Gasteiger partial charge in [0.1, 0.15) is 23.8 Å². The van der Waals surface area contributed by atoms with Gasteiger partial charge in [0.15, 0.2) is 0 Å². The molecule has 1 aromatic heterocycles. The van der Waals surface area contributed by atoms with Crippen molar-refractivity contribution in [3.63, 3.8) is 0 Å². The summed E-state index contributed by atoms with van der Waals surface area (Å²) in [6.07, 6.45) is 12.4. The Morgan fingerprint density at radius 1 is 0.917 bits per heavy atom. The molecule has 2 aliphatic carbocycles. The highest BCUT2D eigenvalue weighted by Gasteiger charge is 2.47. The maximum Gasteiger partial charge on any atom is 0.289 e. The zero-order valence-electron chi connectivity index (χ0n) is 29.0. The van der Waals surface area contributed by atoms with Crippen LogP contribution in [0.5, 0.6) is 0 Å². The third kappa shape index (κ3) is 9.37. The van der Waals surface area contributed by atoms with Crippen LogP contribution in [0.15, 0.2) is 18.6 Å². The topological polar surface area (TPSA) is 180 Å². The molecule has 3 aliphatic rings. The van der Waals surface area contributed by atoms with Crippen LogP contribution in [-0.2, 0) is 24.0 Å². The quantitative estimate of drug-likeness (QED) is 0.219. The molecule has 4 rings (SSSR count). The fourth-order valence-electron chi connectivity index (χ4n) is 6.89. The maximum absolute atomic E-state index is 14.4. The van der Waals surface area contributed by atoms with Gasteiger partial charge in [-0.1, -0.05) is 66.7 Å². The molecule has 264 valence electrons. The van der Waals surface area contributed by atoms with Crippen LogP contribution < -0.4 is 21.3 Å². The summed E-state index contributed by atoms with van der Waals surface area (Å²) in [6.45, 7) is 9.68. The standard InChI is InChI=1S/C35H53N7O6/c1-6-11-24(28(43)33(47)38-23-14-15-23)39-32(46)27-21(7-2)16-19-42(27)34(48)29(35(3,4)5)41-31(45)26(22-12-9-8-10-13-22)40-30(44)25-20-36-17-18-37-25/h17-18,20-24,26-27,29H,6-16,19H2,1-5H3,(H,38,47)(H,39,46)(H,40,44)(H,41,45)/t21?,24-,26+,27-,29-/m0/s1. The summed E-state index contributed by atoms with van der Waals surface area (Å²) in [5, 5.41) is 11.4. The predicted molar refractivity (Wildman–Crippen MR) is 178 cm³/mol. The van der Waals surface area contributed by atoms with Gasteiger partial charge in [-0.15, -0.1) is 0 Å². The number of ketones is 1. The van der Waals surface area contributed by atoms with E-state index in [9.17, 15) is 28.8 Å². The van der Waals surface area contributed by atoms with Crippen LogP contribution in [0.4, 0.5) is 0 Å². The van der Waals surface area contributed by atoms with Crippen molar-refractivity contribution in [2.45, 2.75) is 135 Å². The van der Waals surface area contributed by atoms with Crippen molar-refractivity contribution in [1.29, 1.82) is 0 Å². The number of carbonyl (C=O) groups excluding carboxylic acids is 6. The van der Waals surface area contributed by atoms with Crippen molar-refractivity contribution < 1.29 is 28.8 Å². The van der Waals surface area contributed by atoms with E-state index in [1.807, 2.05) is 34.6 Å². The molecule has 0 bridgehead atoms. The number of hydrogen-bond acceptors (Lipinski definition) is 8. The van der Waals surface area contributed by atoms with Crippen molar-refractivity contribution in [2.75, 3.05) is 6.54 Å². The third-order valence-corrected chi connectivity index (χ3v) is 9.83. The van der Waals surface area contributed by atoms with E-state index < -0.39 is 64.9 Å². The molecule has 2 heterocycles. The van der Waals surface area contributed by atoms with E-state index in [-0.39, 0.29) is 23.6 Å². The molecule has 0 aromatic carbocycles. The lowest BCUT2D eigenvalue weighted by Crippen LogP contribution is -2.62.